The molecule has 1 fully saturated rings. The summed E-state index contributed by atoms with van der Waals surface area (Å²) in [5.41, 5.74) is 2.84. The Morgan fingerprint density at radius 3 is 2.58 bits per heavy atom. The number of nitrogens with zero attached hydrogens (tertiary/aromatic N) is 4. The Labute approximate surface area is 154 Å². The number of fused-ring (bicyclic) bond motifs is 1. The normalized spacial score (nSPS) is 20.5. The molecule has 1 aromatic carbocycles. The predicted octanol–water partition coefficient (Wildman–Crippen LogP) is 3.36. The molecule has 3 aromatic rings. The number of hydrogen-bond donors (Lipinski definition) is 0. The highest BCUT2D eigenvalue weighted by Gasteiger charge is 2.28. The first kappa shape index (κ1) is 16.9. The summed E-state index contributed by atoms with van der Waals surface area (Å²) in [4.78, 5) is 21.9. The second-order valence-corrected chi connectivity index (χ2v) is 6.82. The molecule has 0 amide bonds. The van der Waals surface area contributed by atoms with Gasteiger partial charge in [-0.1, -0.05) is 16.8 Å². The highest BCUT2D eigenvalue weighted by atomic mass is 35.5. The number of benzene rings is 1. The second-order valence-electron chi connectivity index (χ2n) is 6.44. The molecule has 1 aliphatic rings. The number of carbonyl (C=O) groups excluding carboxylic acids is 1. The van der Waals surface area contributed by atoms with Crippen molar-refractivity contribution in [2.75, 3.05) is 18.0 Å². The van der Waals surface area contributed by atoms with Gasteiger partial charge >= 0.3 is 0 Å². The fraction of sp³-hybridized carbons (Fsp3) is 0.333. The number of ether oxygens (including phenoxy) is 1. The molecule has 0 bridgehead atoms. The highest BCUT2D eigenvalue weighted by molar-refractivity contribution is 6.38. The van der Waals surface area contributed by atoms with E-state index in [-0.39, 0.29) is 12.2 Å². The summed E-state index contributed by atoms with van der Waals surface area (Å²) < 4.78 is 11.3. The van der Waals surface area contributed by atoms with Crippen LogP contribution in [0.25, 0.3) is 22.2 Å². The molecule has 0 spiro atoms. The van der Waals surface area contributed by atoms with Gasteiger partial charge in [0.1, 0.15) is 17.0 Å². The molecule has 7 nitrogen and oxygen atoms in total. The summed E-state index contributed by atoms with van der Waals surface area (Å²) in [5, 5.41) is 5.15. The van der Waals surface area contributed by atoms with Crippen molar-refractivity contribution in [3.05, 3.63) is 35.4 Å². The van der Waals surface area contributed by atoms with Crippen molar-refractivity contribution in [2.24, 2.45) is 0 Å². The van der Waals surface area contributed by atoms with Gasteiger partial charge in [-0.2, -0.15) is 0 Å². The predicted molar refractivity (Wildman–Crippen MR) is 97.7 cm³/mol. The van der Waals surface area contributed by atoms with E-state index >= 15 is 0 Å². The van der Waals surface area contributed by atoms with Gasteiger partial charge in [-0.05, 0) is 19.9 Å². The van der Waals surface area contributed by atoms with Gasteiger partial charge in [-0.3, -0.25) is 4.79 Å². The first-order valence-electron chi connectivity index (χ1n) is 8.31. The molecule has 26 heavy (non-hydrogen) atoms. The summed E-state index contributed by atoms with van der Waals surface area (Å²) in [6.07, 6.45) is 5.60. The van der Waals surface area contributed by atoms with Crippen LogP contribution >= 0.6 is 11.6 Å². The number of aromatic nitrogens is 3. The van der Waals surface area contributed by atoms with Gasteiger partial charge in [0, 0.05) is 36.6 Å². The number of halogens is 1. The number of anilines is 1. The van der Waals surface area contributed by atoms with Crippen LogP contribution in [0.5, 0.6) is 0 Å². The van der Waals surface area contributed by atoms with E-state index in [4.69, 9.17) is 20.9 Å². The summed E-state index contributed by atoms with van der Waals surface area (Å²) in [6, 6.07) is 1.76. The molecular weight excluding hydrogens is 356 g/mol. The molecule has 1 aliphatic heterocycles. The maximum absolute atomic E-state index is 11.8. The lowest BCUT2D eigenvalue weighted by Crippen LogP contribution is -2.46. The lowest BCUT2D eigenvalue weighted by Gasteiger charge is -2.37. The van der Waals surface area contributed by atoms with Crippen molar-refractivity contribution in [1.29, 1.82) is 0 Å². The van der Waals surface area contributed by atoms with Crippen LogP contribution in [0.1, 0.15) is 24.2 Å². The lowest BCUT2D eigenvalue weighted by atomic mass is 10.0. The minimum Gasteiger partial charge on any atom is -0.372 e. The van der Waals surface area contributed by atoms with Crippen LogP contribution in [0.4, 0.5) is 5.69 Å². The third-order valence-electron chi connectivity index (χ3n) is 4.41. The van der Waals surface area contributed by atoms with Gasteiger partial charge in [-0.15, -0.1) is 0 Å². The fourth-order valence-electron chi connectivity index (χ4n) is 3.45. The average Bonchev–Trinajstić information content (AvgIpc) is 3.05. The zero-order chi connectivity index (χ0) is 18.3. The van der Waals surface area contributed by atoms with E-state index in [1.807, 2.05) is 13.8 Å². The minimum atomic E-state index is 0.0387. The van der Waals surface area contributed by atoms with Crippen LogP contribution in [0.15, 0.2) is 29.3 Å². The largest absolute Gasteiger partial charge is 0.372 e. The molecule has 2 aromatic heterocycles. The fourth-order valence-corrected chi connectivity index (χ4v) is 3.81. The molecular formula is C18H17ClN4O3. The monoisotopic (exact) mass is 372 g/mol. The maximum Gasteiger partial charge on any atom is 0.188 e. The molecule has 4 rings (SSSR count). The third kappa shape index (κ3) is 2.83. The van der Waals surface area contributed by atoms with Crippen LogP contribution in [0, 0.1) is 0 Å². The number of hydrogen-bond acceptors (Lipinski definition) is 7. The molecule has 2 atom stereocenters. The molecule has 134 valence electrons. The molecule has 2 unspecified atom stereocenters. The van der Waals surface area contributed by atoms with Gasteiger partial charge in [0.2, 0.25) is 0 Å². The van der Waals surface area contributed by atoms with Crippen molar-refractivity contribution in [3.8, 4) is 11.3 Å². The van der Waals surface area contributed by atoms with Crippen LogP contribution in [-0.4, -0.2) is 46.7 Å². The van der Waals surface area contributed by atoms with E-state index < -0.39 is 0 Å². The Hall–Kier alpha value is -2.51. The highest BCUT2D eigenvalue weighted by Crippen LogP contribution is 2.40. The van der Waals surface area contributed by atoms with Gasteiger partial charge < -0.3 is 14.2 Å². The first-order valence-corrected chi connectivity index (χ1v) is 8.69. The molecule has 3 heterocycles. The average molecular weight is 373 g/mol. The summed E-state index contributed by atoms with van der Waals surface area (Å²) in [6.45, 7) is 5.28. The summed E-state index contributed by atoms with van der Waals surface area (Å²) in [5.74, 6) is 0. The van der Waals surface area contributed by atoms with Crippen molar-refractivity contribution in [1.82, 2.24) is 15.1 Å². The van der Waals surface area contributed by atoms with Gasteiger partial charge in [0.05, 0.1) is 23.3 Å². The number of rotatable bonds is 3. The van der Waals surface area contributed by atoms with E-state index in [1.165, 1.54) is 6.33 Å². The summed E-state index contributed by atoms with van der Waals surface area (Å²) in [7, 11) is 0. The molecule has 0 N–H and O–H groups in total. The number of aldehydes is 1. The molecule has 1 saturated heterocycles. The van der Waals surface area contributed by atoms with E-state index in [0.717, 1.165) is 6.29 Å². The van der Waals surface area contributed by atoms with Crippen LogP contribution in [0.2, 0.25) is 5.02 Å². The van der Waals surface area contributed by atoms with Crippen molar-refractivity contribution in [3.63, 3.8) is 0 Å². The Bertz CT molecular complexity index is 950. The standard InChI is InChI=1S/C18H17ClN4O3/c1-10-6-23(7-11(2)25-10)17-12(8-24)3-14-16(13-4-20-9-21-5-13)22-26-18(14)15(17)19/h3-5,8-11H,6-7H2,1-2H3. The molecule has 0 saturated carbocycles. The van der Waals surface area contributed by atoms with Crippen LogP contribution < -0.4 is 4.90 Å². The summed E-state index contributed by atoms with van der Waals surface area (Å²) >= 11 is 6.65. The van der Waals surface area contributed by atoms with Crippen molar-refractivity contribution < 1.29 is 14.1 Å². The topological polar surface area (TPSA) is 81.4 Å². The quantitative estimate of drug-likeness (QED) is 0.652. The van der Waals surface area contributed by atoms with Crippen LogP contribution in [-0.2, 0) is 4.74 Å². The third-order valence-corrected chi connectivity index (χ3v) is 4.76. The van der Waals surface area contributed by atoms with Crippen molar-refractivity contribution in [2.45, 2.75) is 26.1 Å². The Morgan fingerprint density at radius 2 is 1.92 bits per heavy atom. The SMILES string of the molecule is CC1CN(c2c(C=O)cc3c(-c4cncnc4)noc3c2Cl)CC(C)O1. The maximum atomic E-state index is 11.8. The first-order chi connectivity index (χ1) is 12.6. The number of morpholine rings is 1. The second kappa shape index (κ2) is 6.66. The minimum absolute atomic E-state index is 0.0387. The smallest absolute Gasteiger partial charge is 0.188 e. The van der Waals surface area contributed by atoms with E-state index in [9.17, 15) is 4.79 Å². The zero-order valence-corrected chi connectivity index (χ0v) is 15.1. The van der Waals surface area contributed by atoms with Gasteiger partial charge in [-0.25, -0.2) is 9.97 Å². The van der Waals surface area contributed by atoms with Crippen LogP contribution in [0.3, 0.4) is 0 Å². The molecule has 0 aliphatic carbocycles. The lowest BCUT2D eigenvalue weighted by molar-refractivity contribution is -0.00524. The number of carbonyl (C=O) groups is 1. The Balaban J connectivity index is 1.88. The van der Waals surface area contributed by atoms with E-state index in [0.29, 0.717) is 51.6 Å². The van der Waals surface area contributed by atoms with E-state index in [1.54, 1.807) is 18.5 Å². The Morgan fingerprint density at radius 1 is 1.23 bits per heavy atom. The molecule has 8 heteroatoms. The zero-order valence-electron chi connectivity index (χ0n) is 14.3. The van der Waals surface area contributed by atoms with Crippen molar-refractivity contribution >= 4 is 34.5 Å². The van der Waals surface area contributed by atoms with Gasteiger partial charge in [0.25, 0.3) is 0 Å². The van der Waals surface area contributed by atoms with E-state index in [2.05, 4.69) is 20.0 Å². The molecule has 0 radical (unpaired) electrons. The van der Waals surface area contributed by atoms with Gasteiger partial charge in [0.15, 0.2) is 11.9 Å². The Kier molecular flexibility index (Phi) is 4.34.